The van der Waals surface area contributed by atoms with Gasteiger partial charge in [-0.1, -0.05) is 0 Å². The molecule has 4 heteroatoms. The van der Waals surface area contributed by atoms with Crippen molar-refractivity contribution < 1.29 is 9.21 Å². The van der Waals surface area contributed by atoms with Gasteiger partial charge in [0.15, 0.2) is 0 Å². The van der Waals surface area contributed by atoms with Crippen LogP contribution in [0.3, 0.4) is 0 Å². The van der Waals surface area contributed by atoms with Crippen LogP contribution in [0.1, 0.15) is 22.5 Å². The third-order valence-electron chi connectivity index (χ3n) is 3.61. The number of carbonyl (C=O) groups is 1. The van der Waals surface area contributed by atoms with Gasteiger partial charge in [-0.15, -0.1) is 0 Å². The first-order chi connectivity index (χ1) is 7.74. The summed E-state index contributed by atoms with van der Waals surface area (Å²) < 4.78 is 5.18. The highest BCUT2D eigenvalue weighted by Crippen LogP contribution is 2.24. The number of nitrogens with one attached hydrogen (secondary N) is 1. The number of nitrogens with zero attached hydrogens (tertiary/aromatic N) is 1. The van der Waals surface area contributed by atoms with E-state index in [4.69, 9.17) is 4.42 Å². The molecule has 2 aliphatic rings. The maximum absolute atomic E-state index is 12.2. The fourth-order valence-corrected chi connectivity index (χ4v) is 2.78. The molecule has 86 valence electrons. The minimum atomic E-state index is 0.115. The largest absolute Gasteiger partial charge is 0.469 e. The molecule has 1 amide bonds. The number of carbonyl (C=O) groups excluding carboxylic acids is 1. The zero-order valence-corrected chi connectivity index (χ0v) is 9.40. The van der Waals surface area contributed by atoms with Gasteiger partial charge >= 0.3 is 0 Å². The Morgan fingerprint density at radius 2 is 2.44 bits per heavy atom. The molecule has 3 heterocycles. The normalized spacial score (nSPS) is 28.4. The van der Waals surface area contributed by atoms with Gasteiger partial charge in [0.2, 0.25) is 0 Å². The summed E-state index contributed by atoms with van der Waals surface area (Å²) in [6.07, 6.45) is 2.80. The van der Waals surface area contributed by atoms with Gasteiger partial charge in [0.05, 0.1) is 11.8 Å². The van der Waals surface area contributed by atoms with E-state index in [1.807, 2.05) is 11.8 Å². The molecule has 1 N–H and O–H groups in total. The lowest BCUT2D eigenvalue weighted by molar-refractivity contribution is 0.0690. The van der Waals surface area contributed by atoms with Gasteiger partial charge in [0, 0.05) is 25.7 Å². The lowest BCUT2D eigenvalue weighted by Crippen LogP contribution is -2.44. The van der Waals surface area contributed by atoms with Gasteiger partial charge in [-0.3, -0.25) is 4.79 Å². The predicted molar refractivity (Wildman–Crippen MR) is 59.2 cm³/mol. The molecule has 3 rings (SSSR count). The predicted octanol–water partition coefficient (Wildman–Crippen LogP) is 1.02. The van der Waals surface area contributed by atoms with E-state index >= 15 is 0 Å². The van der Waals surface area contributed by atoms with Crippen molar-refractivity contribution in [1.82, 2.24) is 10.2 Å². The Balaban J connectivity index is 1.79. The van der Waals surface area contributed by atoms with E-state index in [1.165, 1.54) is 6.42 Å². The van der Waals surface area contributed by atoms with Crippen LogP contribution in [0.2, 0.25) is 0 Å². The molecule has 2 saturated heterocycles. The minimum Gasteiger partial charge on any atom is -0.469 e. The highest BCUT2D eigenvalue weighted by Gasteiger charge is 2.35. The van der Waals surface area contributed by atoms with E-state index in [0.29, 0.717) is 17.5 Å². The fraction of sp³-hybridized carbons (Fsp3) is 0.583. The van der Waals surface area contributed by atoms with E-state index in [9.17, 15) is 4.79 Å². The Labute approximate surface area is 94.6 Å². The maximum atomic E-state index is 12.2. The van der Waals surface area contributed by atoms with Crippen molar-refractivity contribution >= 4 is 5.91 Å². The fourth-order valence-electron chi connectivity index (χ4n) is 2.78. The van der Waals surface area contributed by atoms with Crippen LogP contribution >= 0.6 is 0 Å². The molecule has 0 unspecified atom stereocenters. The molecule has 1 aromatic heterocycles. The number of furan rings is 1. The van der Waals surface area contributed by atoms with Gasteiger partial charge in [0.1, 0.15) is 5.76 Å². The summed E-state index contributed by atoms with van der Waals surface area (Å²) in [6.45, 7) is 4.61. The Bertz CT molecular complexity index is 401. The first-order valence-electron chi connectivity index (χ1n) is 5.81. The molecule has 16 heavy (non-hydrogen) atoms. The summed E-state index contributed by atoms with van der Waals surface area (Å²) in [7, 11) is 0. The number of fused-ring (bicyclic) bond motifs is 2. The molecule has 4 nitrogen and oxygen atoms in total. The van der Waals surface area contributed by atoms with Crippen molar-refractivity contribution in [1.29, 1.82) is 0 Å². The van der Waals surface area contributed by atoms with Crippen LogP contribution in [0.4, 0.5) is 0 Å². The quantitative estimate of drug-likeness (QED) is 0.768. The number of hydrogen-bond donors (Lipinski definition) is 1. The lowest BCUT2D eigenvalue weighted by Gasteiger charge is -2.30. The average molecular weight is 220 g/mol. The molecule has 2 aliphatic heterocycles. The Morgan fingerprint density at radius 3 is 3.12 bits per heavy atom. The summed E-state index contributed by atoms with van der Waals surface area (Å²) in [5.74, 6) is 1.47. The van der Waals surface area contributed by atoms with Crippen LogP contribution in [0.25, 0.3) is 0 Å². The number of amides is 1. The number of piperidine rings is 1. The molecule has 0 aromatic carbocycles. The molecule has 1 aromatic rings. The minimum absolute atomic E-state index is 0.115. The third kappa shape index (κ3) is 1.53. The monoisotopic (exact) mass is 220 g/mol. The highest BCUT2D eigenvalue weighted by atomic mass is 16.3. The van der Waals surface area contributed by atoms with E-state index in [0.717, 1.165) is 25.4 Å². The van der Waals surface area contributed by atoms with Gasteiger partial charge in [0.25, 0.3) is 5.91 Å². The van der Waals surface area contributed by atoms with Crippen molar-refractivity contribution in [3.8, 4) is 0 Å². The van der Waals surface area contributed by atoms with Crippen molar-refractivity contribution in [3.05, 3.63) is 23.7 Å². The topological polar surface area (TPSA) is 45.5 Å². The SMILES string of the molecule is Cc1occc1C(=O)N1C[C@@H]2CN[C@@H](C2)C1. The van der Waals surface area contributed by atoms with Crippen LogP contribution in [-0.4, -0.2) is 36.5 Å². The first-order valence-corrected chi connectivity index (χ1v) is 5.81. The Morgan fingerprint density at radius 1 is 1.56 bits per heavy atom. The van der Waals surface area contributed by atoms with E-state index in [1.54, 1.807) is 12.3 Å². The van der Waals surface area contributed by atoms with Crippen molar-refractivity contribution in [2.45, 2.75) is 19.4 Å². The molecular formula is C12H16N2O2. The van der Waals surface area contributed by atoms with E-state index < -0.39 is 0 Å². The molecule has 0 radical (unpaired) electrons. The summed E-state index contributed by atoms with van der Waals surface area (Å²) in [6, 6.07) is 2.26. The molecule has 0 saturated carbocycles. The third-order valence-corrected chi connectivity index (χ3v) is 3.61. The second-order valence-electron chi connectivity index (χ2n) is 4.81. The maximum Gasteiger partial charge on any atom is 0.257 e. The Hall–Kier alpha value is -1.29. The molecule has 0 aliphatic carbocycles. The Kier molecular flexibility index (Phi) is 2.24. The van der Waals surface area contributed by atoms with E-state index in [2.05, 4.69) is 5.32 Å². The summed E-state index contributed by atoms with van der Waals surface area (Å²) in [5, 5.41) is 3.45. The van der Waals surface area contributed by atoms with Crippen molar-refractivity contribution in [2.75, 3.05) is 19.6 Å². The molecular weight excluding hydrogens is 204 g/mol. The molecule has 2 atom stereocenters. The van der Waals surface area contributed by atoms with Crippen LogP contribution < -0.4 is 5.32 Å². The average Bonchev–Trinajstić information content (AvgIpc) is 2.84. The van der Waals surface area contributed by atoms with Crippen LogP contribution in [0.5, 0.6) is 0 Å². The summed E-state index contributed by atoms with van der Waals surface area (Å²) in [4.78, 5) is 14.2. The van der Waals surface area contributed by atoms with Gasteiger partial charge in [-0.25, -0.2) is 0 Å². The van der Waals surface area contributed by atoms with Crippen molar-refractivity contribution in [2.24, 2.45) is 5.92 Å². The van der Waals surface area contributed by atoms with Crippen LogP contribution in [0, 0.1) is 12.8 Å². The van der Waals surface area contributed by atoms with Crippen LogP contribution in [0.15, 0.2) is 16.7 Å². The van der Waals surface area contributed by atoms with Gasteiger partial charge in [-0.2, -0.15) is 0 Å². The first kappa shape index (κ1) is 9.90. The molecule has 2 bridgehead atoms. The summed E-state index contributed by atoms with van der Waals surface area (Å²) in [5.41, 5.74) is 0.710. The second-order valence-corrected chi connectivity index (χ2v) is 4.81. The summed E-state index contributed by atoms with van der Waals surface area (Å²) >= 11 is 0. The number of likely N-dealkylation sites (tertiary alicyclic amines) is 1. The number of aryl methyl sites for hydroxylation is 1. The zero-order valence-electron chi connectivity index (χ0n) is 9.40. The van der Waals surface area contributed by atoms with Gasteiger partial charge < -0.3 is 14.6 Å². The van der Waals surface area contributed by atoms with E-state index in [-0.39, 0.29) is 5.91 Å². The smallest absolute Gasteiger partial charge is 0.257 e. The standard InChI is InChI=1S/C12H16N2O2/c1-8-11(2-3-16-8)12(15)14-6-9-4-10(7-14)13-5-9/h2-3,9-10,13H,4-7H2,1H3/t9-,10-/m0/s1. The number of rotatable bonds is 1. The zero-order chi connectivity index (χ0) is 11.1. The number of hydrogen-bond acceptors (Lipinski definition) is 3. The molecule has 0 spiro atoms. The highest BCUT2D eigenvalue weighted by molar-refractivity contribution is 5.95. The molecule has 2 fully saturated rings. The lowest BCUT2D eigenvalue weighted by atomic mass is 9.99. The second kappa shape index (κ2) is 3.63. The van der Waals surface area contributed by atoms with Crippen molar-refractivity contribution in [3.63, 3.8) is 0 Å². The van der Waals surface area contributed by atoms with Crippen LogP contribution in [-0.2, 0) is 0 Å². The van der Waals surface area contributed by atoms with Gasteiger partial charge in [-0.05, 0) is 25.3 Å².